The lowest BCUT2D eigenvalue weighted by Gasteiger charge is -2.17. The first-order valence-electron chi connectivity index (χ1n) is 5.87. The predicted octanol–water partition coefficient (Wildman–Crippen LogP) is 0.682. The van der Waals surface area contributed by atoms with E-state index in [0.717, 1.165) is 4.90 Å². The SMILES string of the molecule is Nc1ccc([N+](=O)[O-])cc1CN1C(=O)C2CC2C1=O. The van der Waals surface area contributed by atoms with E-state index in [-0.39, 0.29) is 35.9 Å². The minimum Gasteiger partial charge on any atom is -0.398 e. The summed E-state index contributed by atoms with van der Waals surface area (Å²) in [6.07, 6.45) is 0.637. The summed E-state index contributed by atoms with van der Waals surface area (Å²) in [5.74, 6) is -0.735. The lowest BCUT2D eigenvalue weighted by Crippen LogP contribution is -2.32. The van der Waals surface area contributed by atoms with Crippen LogP contribution < -0.4 is 5.73 Å². The number of hydrogen-bond acceptors (Lipinski definition) is 5. The molecule has 7 heteroatoms. The number of benzene rings is 1. The Kier molecular flexibility index (Phi) is 2.31. The van der Waals surface area contributed by atoms with Gasteiger partial charge in [-0.25, -0.2) is 0 Å². The molecule has 2 atom stereocenters. The van der Waals surface area contributed by atoms with E-state index < -0.39 is 4.92 Å². The number of nitro benzene ring substituents is 1. The number of hydrogen-bond donors (Lipinski definition) is 1. The van der Waals surface area contributed by atoms with Gasteiger partial charge in [0.15, 0.2) is 0 Å². The summed E-state index contributed by atoms with van der Waals surface area (Å²) in [7, 11) is 0. The van der Waals surface area contributed by atoms with Gasteiger partial charge < -0.3 is 5.73 Å². The van der Waals surface area contributed by atoms with Gasteiger partial charge in [-0.1, -0.05) is 0 Å². The average Bonchev–Trinajstić information content (AvgIpc) is 3.11. The molecule has 7 nitrogen and oxygen atoms in total. The van der Waals surface area contributed by atoms with Crippen LogP contribution in [0, 0.1) is 22.0 Å². The number of carbonyl (C=O) groups excluding carboxylic acids is 2. The van der Waals surface area contributed by atoms with Crippen LogP contribution in [0.2, 0.25) is 0 Å². The predicted molar refractivity (Wildman–Crippen MR) is 64.7 cm³/mol. The van der Waals surface area contributed by atoms with Gasteiger partial charge in [0, 0.05) is 23.4 Å². The molecule has 1 aliphatic carbocycles. The van der Waals surface area contributed by atoms with Gasteiger partial charge >= 0.3 is 0 Å². The summed E-state index contributed by atoms with van der Waals surface area (Å²) in [5, 5.41) is 10.7. The van der Waals surface area contributed by atoms with Crippen molar-refractivity contribution in [1.82, 2.24) is 4.90 Å². The molecule has 0 aromatic heterocycles. The van der Waals surface area contributed by atoms with Crippen LogP contribution in [0.1, 0.15) is 12.0 Å². The summed E-state index contributed by atoms with van der Waals surface area (Å²) >= 11 is 0. The van der Waals surface area contributed by atoms with E-state index in [1.807, 2.05) is 0 Å². The molecule has 0 bridgehead atoms. The monoisotopic (exact) mass is 261 g/mol. The van der Waals surface area contributed by atoms with Gasteiger partial charge in [-0.05, 0) is 12.5 Å². The fraction of sp³-hybridized carbons (Fsp3) is 0.333. The number of rotatable bonds is 3. The molecule has 1 saturated carbocycles. The first kappa shape index (κ1) is 11.6. The number of likely N-dealkylation sites (tertiary alicyclic amines) is 1. The van der Waals surface area contributed by atoms with E-state index in [9.17, 15) is 19.7 Å². The highest BCUT2D eigenvalue weighted by molar-refractivity contribution is 6.08. The largest absolute Gasteiger partial charge is 0.398 e. The number of fused-ring (bicyclic) bond motifs is 1. The summed E-state index contributed by atoms with van der Waals surface area (Å²) < 4.78 is 0. The van der Waals surface area contributed by atoms with Crippen molar-refractivity contribution in [2.45, 2.75) is 13.0 Å². The first-order valence-corrected chi connectivity index (χ1v) is 5.87. The molecule has 2 aliphatic rings. The number of piperidine rings is 1. The van der Waals surface area contributed by atoms with Gasteiger partial charge in [-0.15, -0.1) is 0 Å². The van der Waals surface area contributed by atoms with Crippen LogP contribution in [0.3, 0.4) is 0 Å². The fourth-order valence-electron chi connectivity index (χ4n) is 2.42. The van der Waals surface area contributed by atoms with E-state index in [2.05, 4.69) is 0 Å². The van der Waals surface area contributed by atoms with E-state index in [0.29, 0.717) is 17.7 Å². The van der Waals surface area contributed by atoms with Gasteiger partial charge in [0.1, 0.15) is 0 Å². The Hall–Kier alpha value is -2.44. The zero-order valence-corrected chi connectivity index (χ0v) is 9.91. The van der Waals surface area contributed by atoms with Crippen LogP contribution in [0.5, 0.6) is 0 Å². The lowest BCUT2D eigenvalue weighted by atomic mass is 10.1. The Labute approximate surface area is 108 Å². The highest BCUT2D eigenvalue weighted by Gasteiger charge is 2.58. The van der Waals surface area contributed by atoms with E-state index in [1.165, 1.54) is 18.2 Å². The van der Waals surface area contributed by atoms with Crippen molar-refractivity contribution in [1.29, 1.82) is 0 Å². The van der Waals surface area contributed by atoms with Crippen molar-refractivity contribution in [3.05, 3.63) is 33.9 Å². The van der Waals surface area contributed by atoms with E-state index in [1.54, 1.807) is 0 Å². The zero-order valence-electron chi connectivity index (χ0n) is 9.91. The minimum absolute atomic E-state index is 0.0121. The second-order valence-corrected chi connectivity index (χ2v) is 4.85. The third-order valence-electron chi connectivity index (χ3n) is 3.62. The Bertz CT molecular complexity index is 593. The normalized spacial score (nSPS) is 24.5. The molecule has 2 amide bonds. The van der Waals surface area contributed by atoms with Crippen molar-refractivity contribution < 1.29 is 14.5 Å². The molecule has 2 unspecified atom stereocenters. The van der Waals surface area contributed by atoms with Crippen molar-refractivity contribution in [2.24, 2.45) is 11.8 Å². The van der Waals surface area contributed by atoms with Crippen molar-refractivity contribution >= 4 is 23.2 Å². The molecule has 1 saturated heterocycles. The second kappa shape index (κ2) is 3.78. The Balaban J connectivity index is 1.87. The molecule has 1 heterocycles. The Morgan fingerprint density at radius 3 is 2.53 bits per heavy atom. The third kappa shape index (κ3) is 1.74. The van der Waals surface area contributed by atoms with Gasteiger partial charge in [-0.2, -0.15) is 0 Å². The Morgan fingerprint density at radius 2 is 1.95 bits per heavy atom. The molecule has 2 fully saturated rings. The number of amides is 2. The quantitative estimate of drug-likeness (QED) is 0.372. The molecule has 1 aromatic rings. The van der Waals surface area contributed by atoms with Crippen LogP contribution in [0.15, 0.2) is 18.2 Å². The number of carbonyl (C=O) groups is 2. The number of anilines is 1. The van der Waals surface area contributed by atoms with E-state index in [4.69, 9.17) is 5.73 Å². The van der Waals surface area contributed by atoms with Crippen molar-refractivity contribution in [3.8, 4) is 0 Å². The van der Waals surface area contributed by atoms with Gasteiger partial charge in [0.05, 0.1) is 23.3 Å². The maximum Gasteiger partial charge on any atom is 0.269 e. The number of nitrogens with two attached hydrogens (primary N) is 1. The highest BCUT2D eigenvalue weighted by Crippen LogP contribution is 2.47. The first-order chi connectivity index (χ1) is 8.99. The summed E-state index contributed by atoms with van der Waals surface area (Å²) in [6, 6.07) is 4.02. The second-order valence-electron chi connectivity index (χ2n) is 4.85. The molecule has 3 rings (SSSR count). The van der Waals surface area contributed by atoms with Gasteiger partial charge in [0.25, 0.3) is 5.69 Å². The van der Waals surface area contributed by atoms with Crippen LogP contribution in [0.4, 0.5) is 11.4 Å². The summed E-state index contributed by atoms with van der Waals surface area (Å²) in [5.41, 5.74) is 6.40. The summed E-state index contributed by atoms with van der Waals surface area (Å²) in [4.78, 5) is 35.0. The van der Waals surface area contributed by atoms with Crippen LogP contribution in [-0.2, 0) is 16.1 Å². The number of non-ortho nitro benzene ring substituents is 1. The Morgan fingerprint density at radius 1 is 1.32 bits per heavy atom. The molecular weight excluding hydrogens is 250 g/mol. The molecule has 1 aromatic carbocycles. The molecular formula is C12H11N3O4. The van der Waals surface area contributed by atoms with Crippen LogP contribution >= 0.6 is 0 Å². The third-order valence-corrected chi connectivity index (χ3v) is 3.62. The topological polar surface area (TPSA) is 107 Å². The highest BCUT2D eigenvalue weighted by atomic mass is 16.6. The van der Waals surface area contributed by atoms with Gasteiger partial charge in [0.2, 0.25) is 11.8 Å². The van der Waals surface area contributed by atoms with Crippen molar-refractivity contribution in [3.63, 3.8) is 0 Å². The van der Waals surface area contributed by atoms with Crippen molar-refractivity contribution in [2.75, 3.05) is 5.73 Å². The smallest absolute Gasteiger partial charge is 0.269 e. The van der Waals surface area contributed by atoms with Crippen LogP contribution in [-0.4, -0.2) is 21.6 Å². The standard InChI is InChI=1S/C12H11N3O4/c13-10-2-1-7(15(18)19)3-6(10)5-14-11(16)8-4-9(8)12(14)17/h1-3,8-9H,4-5,13H2. The summed E-state index contributed by atoms with van der Waals surface area (Å²) in [6.45, 7) is 0.0121. The number of imide groups is 1. The number of nitrogen functional groups attached to an aromatic ring is 1. The van der Waals surface area contributed by atoms with E-state index >= 15 is 0 Å². The lowest BCUT2D eigenvalue weighted by molar-refractivity contribution is -0.384. The fourth-order valence-corrected chi connectivity index (χ4v) is 2.42. The molecule has 0 radical (unpaired) electrons. The number of nitrogens with zero attached hydrogens (tertiary/aromatic N) is 2. The maximum atomic E-state index is 11.8. The van der Waals surface area contributed by atoms with Gasteiger partial charge in [-0.3, -0.25) is 24.6 Å². The average molecular weight is 261 g/mol. The molecule has 98 valence electrons. The van der Waals surface area contributed by atoms with Crippen LogP contribution in [0.25, 0.3) is 0 Å². The maximum absolute atomic E-state index is 11.8. The zero-order chi connectivity index (χ0) is 13.7. The minimum atomic E-state index is -0.534. The molecule has 1 aliphatic heterocycles. The number of nitro groups is 1. The molecule has 2 N–H and O–H groups in total. The molecule has 0 spiro atoms. The molecule has 19 heavy (non-hydrogen) atoms.